The zero-order valence-electron chi connectivity index (χ0n) is 9.05. The summed E-state index contributed by atoms with van der Waals surface area (Å²) >= 11 is 0. The van der Waals surface area contributed by atoms with E-state index in [1.54, 1.807) is 0 Å². The summed E-state index contributed by atoms with van der Waals surface area (Å²) in [6, 6.07) is 3.69. The van der Waals surface area contributed by atoms with Crippen LogP contribution in [-0.4, -0.2) is 13.1 Å². The number of nitrogen functional groups attached to an aromatic ring is 1. The van der Waals surface area contributed by atoms with Gasteiger partial charge in [-0.1, -0.05) is 5.92 Å². The Hall–Kier alpha value is -1.95. The SMILES string of the molecule is COC(=O)C#Cc1cc(C)c(N)c(C)c1. The molecule has 3 heteroatoms. The second-order valence-corrected chi connectivity index (χ2v) is 3.27. The van der Waals surface area contributed by atoms with Crippen molar-refractivity contribution in [3.8, 4) is 11.8 Å². The molecule has 0 unspecified atom stereocenters. The van der Waals surface area contributed by atoms with E-state index in [2.05, 4.69) is 16.6 Å². The second-order valence-electron chi connectivity index (χ2n) is 3.27. The Bertz CT molecular complexity index is 429. The maximum Gasteiger partial charge on any atom is 0.384 e. The Labute approximate surface area is 89.2 Å². The molecule has 1 rings (SSSR count). The summed E-state index contributed by atoms with van der Waals surface area (Å²) in [6.45, 7) is 3.82. The Morgan fingerprint density at radius 2 is 1.87 bits per heavy atom. The first-order valence-electron chi connectivity index (χ1n) is 4.51. The molecular formula is C12H13NO2. The van der Waals surface area contributed by atoms with E-state index in [0.29, 0.717) is 0 Å². The quantitative estimate of drug-likeness (QED) is 0.394. The monoisotopic (exact) mass is 203 g/mol. The van der Waals surface area contributed by atoms with Gasteiger partial charge in [0, 0.05) is 17.2 Å². The molecule has 0 amide bonds. The van der Waals surface area contributed by atoms with E-state index in [4.69, 9.17) is 5.73 Å². The molecular weight excluding hydrogens is 190 g/mol. The molecule has 0 atom stereocenters. The first kappa shape index (κ1) is 11.1. The summed E-state index contributed by atoms with van der Waals surface area (Å²) < 4.78 is 4.42. The predicted molar refractivity (Wildman–Crippen MR) is 59.2 cm³/mol. The minimum Gasteiger partial charge on any atom is -0.459 e. The van der Waals surface area contributed by atoms with Gasteiger partial charge in [0.05, 0.1) is 7.11 Å². The van der Waals surface area contributed by atoms with Gasteiger partial charge in [0.15, 0.2) is 0 Å². The number of carbonyl (C=O) groups excluding carboxylic acids is 1. The van der Waals surface area contributed by atoms with Crippen molar-refractivity contribution in [2.24, 2.45) is 0 Å². The van der Waals surface area contributed by atoms with Gasteiger partial charge >= 0.3 is 5.97 Å². The lowest BCUT2D eigenvalue weighted by atomic mass is 10.1. The van der Waals surface area contributed by atoms with Crippen LogP contribution in [0.15, 0.2) is 12.1 Å². The zero-order chi connectivity index (χ0) is 11.4. The van der Waals surface area contributed by atoms with E-state index in [1.807, 2.05) is 26.0 Å². The van der Waals surface area contributed by atoms with Gasteiger partial charge in [0.2, 0.25) is 0 Å². The molecule has 0 aromatic heterocycles. The molecule has 15 heavy (non-hydrogen) atoms. The summed E-state index contributed by atoms with van der Waals surface area (Å²) in [4.78, 5) is 10.8. The highest BCUT2D eigenvalue weighted by Gasteiger charge is 1.99. The van der Waals surface area contributed by atoms with Gasteiger partial charge in [-0.2, -0.15) is 0 Å². The van der Waals surface area contributed by atoms with Gasteiger partial charge in [0.1, 0.15) is 0 Å². The van der Waals surface area contributed by atoms with Crippen molar-refractivity contribution in [2.45, 2.75) is 13.8 Å². The highest BCUT2D eigenvalue weighted by Crippen LogP contribution is 2.17. The molecule has 2 N–H and O–H groups in total. The van der Waals surface area contributed by atoms with Crippen LogP contribution in [-0.2, 0) is 9.53 Å². The third-order valence-electron chi connectivity index (χ3n) is 2.09. The normalized spacial score (nSPS) is 9.00. The number of nitrogens with two attached hydrogens (primary N) is 1. The fraction of sp³-hybridized carbons (Fsp3) is 0.250. The highest BCUT2D eigenvalue weighted by atomic mass is 16.5. The molecule has 0 saturated heterocycles. The zero-order valence-corrected chi connectivity index (χ0v) is 9.05. The number of hydrogen-bond donors (Lipinski definition) is 1. The molecule has 0 aliphatic heterocycles. The number of benzene rings is 1. The van der Waals surface area contributed by atoms with Crippen molar-refractivity contribution in [3.63, 3.8) is 0 Å². The number of hydrogen-bond acceptors (Lipinski definition) is 3. The van der Waals surface area contributed by atoms with Gasteiger partial charge in [-0.3, -0.25) is 0 Å². The number of anilines is 1. The van der Waals surface area contributed by atoms with Crippen LogP contribution in [0.25, 0.3) is 0 Å². The molecule has 1 aromatic carbocycles. The van der Waals surface area contributed by atoms with E-state index >= 15 is 0 Å². The summed E-state index contributed by atoms with van der Waals surface area (Å²) in [5.41, 5.74) is 9.25. The van der Waals surface area contributed by atoms with Crippen molar-refractivity contribution in [2.75, 3.05) is 12.8 Å². The molecule has 1 aromatic rings. The Kier molecular flexibility index (Phi) is 3.35. The minimum absolute atomic E-state index is 0.540. The van der Waals surface area contributed by atoms with Crippen molar-refractivity contribution in [3.05, 3.63) is 28.8 Å². The summed E-state index contributed by atoms with van der Waals surface area (Å²) in [5.74, 6) is 4.55. The second kappa shape index (κ2) is 4.52. The topological polar surface area (TPSA) is 52.3 Å². The average Bonchev–Trinajstić information content (AvgIpc) is 2.22. The van der Waals surface area contributed by atoms with Crippen LogP contribution in [0.2, 0.25) is 0 Å². The van der Waals surface area contributed by atoms with Gasteiger partial charge in [0.25, 0.3) is 0 Å². The molecule has 78 valence electrons. The standard InChI is InChI=1S/C12H13NO2/c1-8-6-10(4-5-11(14)15-3)7-9(2)12(8)13/h6-7H,13H2,1-3H3. The summed E-state index contributed by atoms with van der Waals surface area (Å²) in [6.07, 6.45) is 0. The lowest BCUT2D eigenvalue weighted by Gasteiger charge is -2.04. The molecule has 0 aliphatic rings. The molecule has 0 bridgehead atoms. The first-order valence-corrected chi connectivity index (χ1v) is 4.51. The molecule has 0 saturated carbocycles. The Balaban J connectivity index is 3.06. The lowest BCUT2D eigenvalue weighted by Crippen LogP contribution is -1.96. The molecule has 0 radical (unpaired) electrons. The van der Waals surface area contributed by atoms with Crippen LogP contribution < -0.4 is 5.73 Å². The third kappa shape index (κ3) is 2.75. The van der Waals surface area contributed by atoms with Crippen LogP contribution in [0.4, 0.5) is 5.69 Å². The van der Waals surface area contributed by atoms with Crippen LogP contribution >= 0.6 is 0 Å². The van der Waals surface area contributed by atoms with E-state index in [1.165, 1.54) is 7.11 Å². The molecule has 0 aliphatic carbocycles. The predicted octanol–water partition coefficient (Wildman–Crippen LogP) is 1.41. The van der Waals surface area contributed by atoms with Gasteiger partial charge in [-0.25, -0.2) is 4.79 Å². The third-order valence-corrected chi connectivity index (χ3v) is 2.09. The number of rotatable bonds is 0. The maximum atomic E-state index is 10.8. The number of esters is 1. The van der Waals surface area contributed by atoms with Crippen molar-refractivity contribution < 1.29 is 9.53 Å². The smallest absolute Gasteiger partial charge is 0.384 e. The van der Waals surface area contributed by atoms with Crippen LogP contribution in [0.3, 0.4) is 0 Å². The van der Waals surface area contributed by atoms with Gasteiger partial charge in [-0.15, -0.1) is 0 Å². The van der Waals surface area contributed by atoms with E-state index < -0.39 is 5.97 Å². The van der Waals surface area contributed by atoms with Gasteiger partial charge < -0.3 is 10.5 Å². The first-order chi connectivity index (χ1) is 7.04. The lowest BCUT2D eigenvalue weighted by molar-refractivity contribution is -0.133. The Morgan fingerprint density at radius 1 is 1.33 bits per heavy atom. The number of ether oxygens (including phenoxy) is 1. The van der Waals surface area contributed by atoms with E-state index in [-0.39, 0.29) is 0 Å². The minimum atomic E-state index is -0.540. The number of aryl methyl sites for hydroxylation is 2. The maximum absolute atomic E-state index is 10.8. The van der Waals surface area contributed by atoms with Crippen molar-refractivity contribution in [1.82, 2.24) is 0 Å². The van der Waals surface area contributed by atoms with Crippen molar-refractivity contribution in [1.29, 1.82) is 0 Å². The van der Waals surface area contributed by atoms with Gasteiger partial charge in [-0.05, 0) is 37.1 Å². The van der Waals surface area contributed by atoms with Crippen LogP contribution in [0.1, 0.15) is 16.7 Å². The van der Waals surface area contributed by atoms with E-state index in [9.17, 15) is 4.79 Å². The fourth-order valence-corrected chi connectivity index (χ4v) is 1.22. The molecule has 0 spiro atoms. The molecule has 0 heterocycles. The van der Waals surface area contributed by atoms with Crippen LogP contribution in [0.5, 0.6) is 0 Å². The van der Waals surface area contributed by atoms with Crippen molar-refractivity contribution >= 4 is 11.7 Å². The fourth-order valence-electron chi connectivity index (χ4n) is 1.22. The highest BCUT2D eigenvalue weighted by molar-refractivity contribution is 5.89. The Morgan fingerprint density at radius 3 is 2.33 bits per heavy atom. The van der Waals surface area contributed by atoms with E-state index in [0.717, 1.165) is 22.4 Å². The molecule has 0 fully saturated rings. The average molecular weight is 203 g/mol. The largest absolute Gasteiger partial charge is 0.459 e. The summed E-state index contributed by atoms with van der Waals surface area (Å²) in [5, 5.41) is 0. The summed E-state index contributed by atoms with van der Waals surface area (Å²) in [7, 11) is 1.30. The number of carbonyl (C=O) groups is 1. The molecule has 3 nitrogen and oxygen atoms in total. The van der Waals surface area contributed by atoms with Crippen LogP contribution in [0, 0.1) is 25.7 Å². The number of methoxy groups -OCH3 is 1.